The maximum Gasteiger partial charge on any atom is 0.242 e. The van der Waals surface area contributed by atoms with Crippen molar-refractivity contribution in [2.24, 2.45) is 0 Å². The van der Waals surface area contributed by atoms with Crippen LogP contribution in [0.3, 0.4) is 0 Å². The Kier molecular flexibility index (Phi) is 5.92. The number of ether oxygens (including phenoxy) is 1. The van der Waals surface area contributed by atoms with Crippen molar-refractivity contribution >= 4 is 21.4 Å². The van der Waals surface area contributed by atoms with Gasteiger partial charge in [-0.1, -0.05) is 17.3 Å². The summed E-state index contributed by atoms with van der Waals surface area (Å²) in [5, 5.41) is 3.99. The number of sulfonamides is 1. The minimum atomic E-state index is -3.73. The van der Waals surface area contributed by atoms with E-state index in [-0.39, 0.29) is 11.4 Å². The van der Waals surface area contributed by atoms with Gasteiger partial charge in [-0.25, -0.2) is 13.1 Å². The van der Waals surface area contributed by atoms with Crippen molar-refractivity contribution < 1.29 is 17.7 Å². The van der Waals surface area contributed by atoms with Crippen LogP contribution in [0.5, 0.6) is 5.75 Å². The van der Waals surface area contributed by atoms with E-state index in [1.807, 2.05) is 58.9 Å². The van der Waals surface area contributed by atoms with E-state index in [9.17, 15) is 8.42 Å². The lowest BCUT2D eigenvalue weighted by Crippen LogP contribution is -2.24. The Morgan fingerprint density at radius 1 is 1.11 bits per heavy atom. The number of nitrogens with zero attached hydrogens (tertiary/aromatic N) is 1. The van der Waals surface area contributed by atoms with Crippen LogP contribution >= 0.6 is 11.3 Å². The second kappa shape index (κ2) is 8.06. The quantitative estimate of drug-likeness (QED) is 0.608. The van der Waals surface area contributed by atoms with Crippen molar-refractivity contribution in [1.82, 2.24) is 9.88 Å². The van der Waals surface area contributed by atoms with Crippen LogP contribution in [0.25, 0.3) is 11.3 Å². The van der Waals surface area contributed by atoms with Crippen molar-refractivity contribution in [2.45, 2.75) is 46.1 Å². The predicted octanol–water partition coefficient (Wildman–Crippen LogP) is 4.51. The van der Waals surface area contributed by atoms with Crippen LogP contribution in [0.15, 0.2) is 33.7 Å². The van der Waals surface area contributed by atoms with E-state index >= 15 is 0 Å². The van der Waals surface area contributed by atoms with Crippen molar-refractivity contribution in [3.8, 4) is 17.1 Å². The number of benzene rings is 1. The summed E-state index contributed by atoms with van der Waals surface area (Å²) in [5.41, 5.74) is 3.05. The molecule has 0 aliphatic rings. The van der Waals surface area contributed by atoms with E-state index in [4.69, 9.17) is 9.26 Å². The van der Waals surface area contributed by atoms with Gasteiger partial charge in [-0.3, -0.25) is 0 Å². The number of nitrogens with one attached hydrogen (secondary N) is 1. The van der Waals surface area contributed by atoms with Gasteiger partial charge >= 0.3 is 0 Å². The highest BCUT2D eigenvalue weighted by atomic mass is 32.2. The van der Waals surface area contributed by atoms with Gasteiger partial charge in [0.2, 0.25) is 10.0 Å². The topological polar surface area (TPSA) is 81.4 Å². The molecule has 2 heterocycles. The Morgan fingerprint density at radius 3 is 2.36 bits per heavy atom. The van der Waals surface area contributed by atoms with Crippen LogP contribution in [-0.2, 0) is 16.6 Å². The molecule has 8 heteroatoms. The van der Waals surface area contributed by atoms with Crippen molar-refractivity contribution in [2.75, 3.05) is 6.61 Å². The lowest BCUT2D eigenvalue weighted by Gasteiger charge is -2.10. The second-order valence-corrected chi connectivity index (χ2v) is 9.67. The molecule has 1 N–H and O–H groups in total. The van der Waals surface area contributed by atoms with Gasteiger partial charge in [0.1, 0.15) is 10.6 Å². The van der Waals surface area contributed by atoms with Crippen LogP contribution < -0.4 is 9.46 Å². The zero-order chi connectivity index (χ0) is 20.5. The molecule has 1 aromatic carbocycles. The van der Waals surface area contributed by atoms with Crippen LogP contribution in [-0.4, -0.2) is 20.2 Å². The highest BCUT2D eigenvalue weighted by Crippen LogP contribution is 2.40. The molecule has 0 saturated carbocycles. The van der Waals surface area contributed by atoms with E-state index in [2.05, 4.69) is 9.88 Å². The van der Waals surface area contributed by atoms with Gasteiger partial charge in [0, 0.05) is 21.9 Å². The molecule has 0 aliphatic carbocycles. The summed E-state index contributed by atoms with van der Waals surface area (Å²) in [5.74, 6) is 1.28. The summed E-state index contributed by atoms with van der Waals surface area (Å²) < 4.78 is 39.8. The summed E-state index contributed by atoms with van der Waals surface area (Å²) in [6.07, 6.45) is 0. The van der Waals surface area contributed by atoms with Gasteiger partial charge in [-0.2, -0.15) is 0 Å². The van der Waals surface area contributed by atoms with Gasteiger partial charge < -0.3 is 9.26 Å². The lowest BCUT2D eigenvalue weighted by atomic mass is 10.1. The molecule has 0 amide bonds. The van der Waals surface area contributed by atoms with Crippen LogP contribution in [0.1, 0.15) is 33.5 Å². The minimum Gasteiger partial charge on any atom is -0.494 e. The largest absolute Gasteiger partial charge is 0.494 e. The fourth-order valence-corrected chi connectivity index (χ4v) is 5.88. The normalized spacial score (nSPS) is 11.8. The SMILES string of the molecule is CCOc1ccc(CNS(=O)(=O)c2c(C)sc(C)c2-c2onc(C)c2C)cc1. The zero-order valence-corrected chi connectivity index (χ0v) is 18.3. The van der Waals surface area contributed by atoms with Crippen molar-refractivity contribution in [3.63, 3.8) is 0 Å². The molecule has 28 heavy (non-hydrogen) atoms. The smallest absolute Gasteiger partial charge is 0.242 e. The molecule has 3 aromatic rings. The zero-order valence-electron chi connectivity index (χ0n) is 16.6. The minimum absolute atomic E-state index is 0.191. The van der Waals surface area contributed by atoms with Gasteiger partial charge in [0.15, 0.2) is 5.76 Å². The molecule has 150 valence electrons. The highest BCUT2D eigenvalue weighted by molar-refractivity contribution is 7.89. The van der Waals surface area contributed by atoms with E-state index < -0.39 is 10.0 Å². The Hall–Kier alpha value is -2.16. The van der Waals surface area contributed by atoms with Crippen LogP contribution in [0.4, 0.5) is 0 Å². The number of rotatable bonds is 7. The fraction of sp³-hybridized carbons (Fsp3) is 0.350. The molecular weight excluding hydrogens is 396 g/mol. The molecule has 0 atom stereocenters. The van der Waals surface area contributed by atoms with Gasteiger partial charge in [0.05, 0.1) is 17.9 Å². The fourth-order valence-electron chi connectivity index (χ4n) is 3.02. The van der Waals surface area contributed by atoms with Crippen LogP contribution in [0.2, 0.25) is 0 Å². The maximum absolute atomic E-state index is 13.1. The summed E-state index contributed by atoms with van der Waals surface area (Å²) in [4.78, 5) is 1.87. The summed E-state index contributed by atoms with van der Waals surface area (Å²) in [6.45, 7) is 10.1. The summed E-state index contributed by atoms with van der Waals surface area (Å²) in [6, 6.07) is 7.37. The van der Waals surface area contributed by atoms with E-state index in [0.717, 1.165) is 32.3 Å². The number of aryl methyl sites for hydroxylation is 3. The molecule has 0 fully saturated rings. The average Bonchev–Trinajstić information content (AvgIpc) is 3.13. The first-order chi connectivity index (χ1) is 13.2. The average molecular weight is 421 g/mol. The molecule has 0 aliphatic heterocycles. The maximum atomic E-state index is 13.1. The monoisotopic (exact) mass is 420 g/mol. The third-order valence-electron chi connectivity index (χ3n) is 4.56. The Bertz CT molecular complexity index is 1080. The molecule has 0 unspecified atom stereocenters. The van der Waals surface area contributed by atoms with E-state index in [1.54, 1.807) is 0 Å². The molecule has 6 nitrogen and oxygen atoms in total. The molecule has 0 saturated heterocycles. The second-order valence-electron chi connectivity index (χ2n) is 6.54. The lowest BCUT2D eigenvalue weighted by molar-refractivity contribution is 0.340. The van der Waals surface area contributed by atoms with Crippen LogP contribution in [0, 0.1) is 27.7 Å². The summed E-state index contributed by atoms with van der Waals surface area (Å²) >= 11 is 1.44. The Morgan fingerprint density at radius 2 is 1.79 bits per heavy atom. The first-order valence-electron chi connectivity index (χ1n) is 8.99. The standard InChI is InChI=1S/C20H24N2O4S2/c1-6-25-17-9-7-16(8-10-17)11-21-28(23,24)20-15(5)27-14(4)18(20)19-12(2)13(3)22-26-19/h7-10,21H,6,11H2,1-5H3. The van der Waals surface area contributed by atoms with Crippen molar-refractivity contribution in [3.05, 3.63) is 50.8 Å². The molecule has 3 rings (SSSR count). The molecule has 0 bridgehead atoms. The van der Waals surface area contributed by atoms with Gasteiger partial charge in [0.25, 0.3) is 0 Å². The number of hydrogen-bond donors (Lipinski definition) is 1. The molecule has 0 spiro atoms. The number of hydrogen-bond acceptors (Lipinski definition) is 6. The molecule has 0 radical (unpaired) electrons. The first-order valence-corrected chi connectivity index (χ1v) is 11.3. The van der Waals surface area contributed by atoms with Crippen molar-refractivity contribution in [1.29, 1.82) is 0 Å². The van der Waals surface area contributed by atoms with Gasteiger partial charge in [-0.15, -0.1) is 11.3 Å². The molecule has 2 aromatic heterocycles. The van der Waals surface area contributed by atoms with E-state index in [0.29, 0.717) is 17.9 Å². The number of aromatic nitrogens is 1. The third kappa shape index (κ3) is 3.99. The molecular formula is C20H24N2O4S2. The summed E-state index contributed by atoms with van der Waals surface area (Å²) in [7, 11) is -3.73. The first kappa shape index (κ1) is 20.6. The van der Waals surface area contributed by atoms with Gasteiger partial charge in [-0.05, 0) is 52.3 Å². The third-order valence-corrected chi connectivity index (χ3v) is 7.28. The number of thiophene rings is 1. The Balaban J connectivity index is 1.91. The van der Waals surface area contributed by atoms with E-state index in [1.165, 1.54) is 11.3 Å². The highest BCUT2D eigenvalue weighted by Gasteiger charge is 2.29. The Labute approximate surface area is 169 Å². The predicted molar refractivity (Wildman–Crippen MR) is 110 cm³/mol.